The Hall–Kier alpha value is 0.0800. The second-order valence-corrected chi connectivity index (χ2v) is 3.24. The Kier molecular flexibility index (Phi) is 3.05. The first-order valence-electron chi connectivity index (χ1n) is 3.53. The molecule has 1 rings (SSSR count). The highest BCUT2D eigenvalue weighted by molar-refractivity contribution is 7.80. The van der Waals surface area contributed by atoms with Gasteiger partial charge >= 0.3 is 0 Å². The lowest BCUT2D eigenvalue weighted by molar-refractivity contribution is 0.263. The quantitative estimate of drug-likeness (QED) is 0.373. The van der Waals surface area contributed by atoms with Crippen LogP contribution in [0.25, 0.3) is 0 Å². The van der Waals surface area contributed by atoms with Crippen molar-refractivity contribution >= 4 is 26.8 Å². The minimum atomic E-state index is 0.0963. The van der Waals surface area contributed by atoms with E-state index in [4.69, 9.17) is 21.7 Å². The van der Waals surface area contributed by atoms with Crippen LogP contribution in [-0.4, -0.2) is 28.8 Å². The Bertz CT molecular complexity index is 167. The van der Waals surface area contributed by atoms with Gasteiger partial charge in [0, 0.05) is 0 Å². The van der Waals surface area contributed by atoms with Gasteiger partial charge in [-0.3, -0.25) is 4.67 Å². The van der Waals surface area contributed by atoms with Crippen molar-refractivity contribution in [3.63, 3.8) is 0 Å². The topological polar surface area (TPSA) is 25.0 Å². The molecular formula is C6H12NO2PS. The predicted octanol–water partition coefficient (Wildman–Crippen LogP) is 1.14. The molecular weight excluding hydrogens is 181 g/mol. The van der Waals surface area contributed by atoms with Gasteiger partial charge < -0.3 is 9.47 Å². The van der Waals surface area contributed by atoms with E-state index in [0.717, 1.165) is 0 Å². The number of thiocarbonyl (C=S) groups is 1. The SMILES string of the molecule is CCOC(=S)N(P)C1OC1C. The van der Waals surface area contributed by atoms with Gasteiger partial charge in [-0.15, -0.1) is 0 Å². The third-order valence-corrected chi connectivity index (χ3v) is 2.48. The van der Waals surface area contributed by atoms with Gasteiger partial charge in [-0.05, 0) is 35.5 Å². The van der Waals surface area contributed by atoms with Gasteiger partial charge in [0.1, 0.15) is 6.10 Å². The summed E-state index contributed by atoms with van der Waals surface area (Å²) in [7, 11) is 2.49. The van der Waals surface area contributed by atoms with Gasteiger partial charge in [0.2, 0.25) is 0 Å². The van der Waals surface area contributed by atoms with Crippen LogP contribution in [0, 0.1) is 0 Å². The van der Waals surface area contributed by atoms with Gasteiger partial charge in [0.15, 0.2) is 6.23 Å². The van der Waals surface area contributed by atoms with Gasteiger partial charge in [-0.2, -0.15) is 0 Å². The first-order chi connectivity index (χ1) is 5.16. The molecule has 1 saturated heterocycles. The number of nitrogens with zero attached hydrogens (tertiary/aromatic N) is 1. The summed E-state index contributed by atoms with van der Waals surface area (Å²) in [6, 6.07) is 0. The van der Waals surface area contributed by atoms with Crippen LogP contribution in [-0.2, 0) is 9.47 Å². The molecule has 1 aliphatic heterocycles. The lowest BCUT2D eigenvalue weighted by atomic mass is 10.5. The summed E-state index contributed by atoms with van der Waals surface area (Å²) in [6.45, 7) is 4.50. The smallest absolute Gasteiger partial charge is 0.264 e. The fourth-order valence-corrected chi connectivity index (χ4v) is 1.38. The molecule has 0 N–H and O–H groups in total. The Balaban J connectivity index is 2.29. The summed E-state index contributed by atoms with van der Waals surface area (Å²) >= 11 is 4.95. The van der Waals surface area contributed by atoms with Crippen molar-refractivity contribution < 1.29 is 9.47 Å². The van der Waals surface area contributed by atoms with Crippen LogP contribution in [0.4, 0.5) is 0 Å². The molecule has 3 atom stereocenters. The standard InChI is InChI=1S/C6H12NO2PS/c1-3-8-6(11)7(10)5-4(2)9-5/h4-5H,3,10H2,1-2H3. The van der Waals surface area contributed by atoms with Crippen LogP contribution < -0.4 is 0 Å². The molecule has 5 heteroatoms. The number of hydrogen-bond donors (Lipinski definition) is 0. The van der Waals surface area contributed by atoms with Crippen molar-refractivity contribution in [1.29, 1.82) is 0 Å². The molecule has 3 unspecified atom stereocenters. The number of epoxide rings is 1. The maximum absolute atomic E-state index is 5.18. The molecule has 0 aromatic heterocycles. The molecule has 1 aliphatic rings. The van der Waals surface area contributed by atoms with Crippen LogP contribution in [0.1, 0.15) is 13.8 Å². The molecule has 0 aromatic rings. The Morgan fingerprint density at radius 1 is 1.82 bits per heavy atom. The molecule has 11 heavy (non-hydrogen) atoms. The Morgan fingerprint density at radius 3 is 2.73 bits per heavy atom. The average Bonchev–Trinajstić information content (AvgIpc) is 2.66. The fourth-order valence-electron chi connectivity index (χ4n) is 0.768. The molecule has 0 saturated carbocycles. The first-order valence-corrected chi connectivity index (χ1v) is 4.45. The van der Waals surface area contributed by atoms with Crippen LogP contribution in [0.3, 0.4) is 0 Å². The molecule has 0 amide bonds. The van der Waals surface area contributed by atoms with E-state index in [0.29, 0.717) is 11.8 Å². The van der Waals surface area contributed by atoms with Crippen molar-refractivity contribution in [2.24, 2.45) is 0 Å². The number of rotatable bonds is 2. The van der Waals surface area contributed by atoms with Crippen molar-refractivity contribution in [3.8, 4) is 0 Å². The molecule has 0 bridgehead atoms. The molecule has 1 heterocycles. The van der Waals surface area contributed by atoms with Crippen molar-refractivity contribution in [1.82, 2.24) is 4.67 Å². The van der Waals surface area contributed by atoms with E-state index in [2.05, 4.69) is 9.39 Å². The Morgan fingerprint density at radius 2 is 2.36 bits per heavy atom. The summed E-state index contributed by atoms with van der Waals surface area (Å²) in [5, 5.41) is 0.479. The number of ether oxygens (including phenoxy) is 2. The van der Waals surface area contributed by atoms with E-state index in [1.54, 1.807) is 4.67 Å². The highest BCUT2D eigenvalue weighted by atomic mass is 32.1. The third-order valence-electron chi connectivity index (χ3n) is 1.43. The molecule has 64 valence electrons. The number of hydrogen-bond acceptors (Lipinski definition) is 3. The highest BCUT2D eigenvalue weighted by Crippen LogP contribution is 2.28. The van der Waals surface area contributed by atoms with E-state index in [1.165, 1.54) is 0 Å². The second kappa shape index (κ2) is 3.65. The van der Waals surface area contributed by atoms with Gasteiger partial charge in [-0.25, -0.2) is 0 Å². The van der Waals surface area contributed by atoms with E-state index in [1.807, 2.05) is 13.8 Å². The van der Waals surface area contributed by atoms with Crippen molar-refractivity contribution in [3.05, 3.63) is 0 Å². The zero-order chi connectivity index (χ0) is 8.43. The van der Waals surface area contributed by atoms with Gasteiger partial charge in [0.05, 0.1) is 6.61 Å². The predicted molar refractivity (Wildman–Crippen MR) is 50.1 cm³/mol. The third kappa shape index (κ3) is 2.26. The summed E-state index contributed by atoms with van der Waals surface area (Å²) < 4.78 is 12.0. The molecule has 0 radical (unpaired) electrons. The zero-order valence-electron chi connectivity index (χ0n) is 6.61. The zero-order valence-corrected chi connectivity index (χ0v) is 8.58. The van der Waals surface area contributed by atoms with E-state index >= 15 is 0 Å². The first kappa shape index (κ1) is 9.17. The largest absolute Gasteiger partial charge is 0.471 e. The van der Waals surface area contributed by atoms with Crippen LogP contribution >= 0.6 is 21.6 Å². The van der Waals surface area contributed by atoms with Crippen molar-refractivity contribution in [2.45, 2.75) is 26.2 Å². The minimum absolute atomic E-state index is 0.0963. The summed E-state index contributed by atoms with van der Waals surface area (Å²) in [5.74, 6) is 0. The summed E-state index contributed by atoms with van der Waals surface area (Å²) in [5.41, 5.74) is 0. The lowest BCUT2D eigenvalue weighted by Gasteiger charge is -2.16. The Labute approximate surface area is 74.3 Å². The van der Waals surface area contributed by atoms with Crippen LogP contribution in [0.2, 0.25) is 0 Å². The molecule has 0 aromatic carbocycles. The second-order valence-electron chi connectivity index (χ2n) is 2.34. The maximum Gasteiger partial charge on any atom is 0.264 e. The summed E-state index contributed by atoms with van der Waals surface area (Å²) in [6.07, 6.45) is 0.366. The summed E-state index contributed by atoms with van der Waals surface area (Å²) in [4.78, 5) is 0. The van der Waals surface area contributed by atoms with Crippen molar-refractivity contribution in [2.75, 3.05) is 6.61 Å². The average molecular weight is 193 g/mol. The fraction of sp³-hybridized carbons (Fsp3) is 0.833. The molecule has 3 nitrogen and oxygen atoms in total. The van der Waals surface area contributed by atoms with E-state index in [9.17, 15) is 0 Å². The molecule has 1 fully saturated rings. The van der Waals surface area contributed by atoms with E-state index in [-0.39, 0.29) is 12.3 Å². The normalized spacial score (nSPS) is 27.9. The van der Waals surface area contributed by atoms with Crippen LogP contribution in [0.15, 0.2) is 0 Å². The lowest BCUT2D eigenvalue weighted by Crippen LogP contribution is -2.25. The molecule has 0 aliphatic carbocycles. The molecule has 0 spiro atoms. The van der Waals surface area contributed by atoms with E-state index < -0.39 is 0 Å². The maximum atomic E-state index is 5.18. The highest BCUT2D eigenvalue weighted by Gasteiger charge is 2.39. The van der Waals surface area contributed by atoms with Crippen LogP contribution in [0.5, 0.6) is 0 Å². The monoisotopic (exact) mass is 193 g/mol. The van der Waals surface area contributed by atoms with Gasteiger partial charge in [0.25, 0.3) is 5.17 Å². The minimum Gasteiger partial charge on any atom is -0.471 e. The van der Waals surface area contributed by atoms with Gasteiger partial charge in [-0.1, -0.05) is 0 Å².